The highest BCUT2D eigenvalue weighted by atomic mass is 16.5. The highest BCUT2D eigenvalue weighted by Crippen LogP contribution is 2.18. The van der Waals surface area contributed by atoms with Crippen LogP contribution in [0.5, 0.6) is 5.75 Å². The summed E-state index contributed by atoms with van der Waals surface area (Å²) in [7, 11) is 5.55. The van der Waals surface area contributed by atoms with Crippen molar-refractivity contribution in [2.45, 2.75) is 6.54 Å². The first-order valence-corrected chi connectivity index (χ1v) is 4.72. The van der Waals surface area contributed by atoms with Crippen molar-refractivity contribution >= 4 is 5.97 Å². The molecule has 0 aliphatic heterocycles. The Kier molecular flexibility index (Phi) is 3.68. The van der Waals surface area contributed by atoms with E-state index in [1.54, 1.807) is 19.2 Å². The number of ether oxygens (including phenoxy) is 1. The molecule has 0 aromatic heterocycles. The van der Waals surface area contributed by atoms with Gasteiger partial charge in [-0.3, -0.25) is 0 Å². The van der Waals surface area contributed by atoms with E-state index in [-0.39, 0.29) is 5.56 Å². The van der Waals surface area contributed by atoms with Crippen LogP contribution in [0.15, 0.2) is 18.2 Å². The molecule has 4 heteroatoms. The van der Waals surface area contributed by atoms with Gasteiger partial charge in [0, 0.05) is 5.56 Å². The second kappa shape index (κ2) is 4.79. The van der Waals surface area contributed by atoms with Crippen LogP contribution in [0.2, 0.25) is 0 Å². The van der Waals surface area contributed by atoms with Crippen LogP contribution in [0.25, 0.3) is 0 Å². The molecule has 0 radical (unpaired) electrons. The molecular formula is C11H15NO3. The van der Waals surface area contributed by atoms with Crippen LogP contribution >= 0.6 is 0 Å². The molecule has 1 aromatic carbocycles. The van der Waals surface area contributed by atoms with E-state index in [0.717, 1.165) is 5.56 Å². The molecule has 1 aromatic rings. The topological polar surface area (TPSA) is 53.8 Å². The molecule has 1 rings (SSSR count). The molecule has 0 spiro atoms. The molecule has 15 heavy (non-hydrogen) atoms. The summed E-state index contributed by atoms with van der Waals surface area (Å²) in [6.07, 6.45) is 0. The molecular weight excluding hydrogens is 194 g/mol. The van der Waals surface area contributed by atoms with E-state index >= 15 is 0 Å². The zero-order valence-electron chi connectivity index (χ0n) is 9.16. The number of aromatic carboxylic acids is 1. The van der Waals surface area contributed by atoms with Crippen molar-refractivity contribution in [3.05, 3.63) is 29.3 Å². The molecule has 0 aliphatic rings. The lowest BCUT2D eigenvalue weighted by Gasteiger charge is -2.13. The van der Waals surface area contributed by atoms with Crippen molar-refractivity contribution in [1.29, 1.82) is 0 Å². The Bertz CT molecular complexity index is 361. The van der Waals surface area contributed by atoms with Crippen LogP contribution < -0.4 is 14.7 Å². The summed E-state index contributed by atoms with van der Waals surface area (Å²) in [6, 6.07) is 4.74. The number of carbonyl (C=O) groups is 1. The van der Waals surface area contributed by atoms with Gasteiger partial charge in [-0.25, -0.2) is 0 Å². The number of carboxylic acids is 1. The van der Waals surface area contributed by atoms with Crippen LogP contribution in [-0.4, -0.2) is 27.2 Å². The third-order valence-corrected chi connectivity index (χ3v) is 2.06. The summed E-state index contributed by atoms with van der Waals surface area (Å²) in [4.78, 5) is 11.9. The number of carbonyl (C=O) groups excluding carboxylic acids is 1. The van der Waals surface area contributed by atoms with Gasteiger partial charge in [-0.1, -0.05) is 0 Å². The van der Waals surface area contributed by atoms with E-state index in [9.17, 15) is 9.90 Å². The smallest absolute Gasteiger partial charge is 0.127 e. The Balaban J connectivity index is 3.07. The standard InChI is InChI=1S/C11H15NO3/c1-12(2)7-9-6-8(11(13)14)4-5-10(9)15-3/h4-6H,7H2,1-3H3,(H,13,14). The highest BCUT2D eigenvalue weighted by Gasteiger charge is 2.07. The minimum atomic E-state index is -1.16. The van der Waals surface area contributed by atoms with Gasteiger partial charge in [0.25, 0.3) is 0 Å². The van der Waals surface area contributed by atoms with Gasteiger partial charge in [-0.2, -0.15) is 0 Å². The van der Waals surface area contributed by atoms with E-state index in [2.05, 4.69) is 0 Å². The van der Waals surface area contributed by atoms with E-state index in [4.69, 9.17) is 4.74 Å². The van der Waals surface area contributed by atoms with Gasteiger partial charge in [0.1, 0.15) is 12.3 Å². The maximum Gasteiger partial charge on any atom is 0.127 e. The number of carboxylic acid groups (broad SMARTS) is 1. The molecule has 0 fully saturated rings. The first kappa shape index (κ1) is 11.5. The molecule has 0 atom stereocenters. The largest absolute Gasteiger partial charge is 0.545 e. The molecule has 0 amide bonds. The fourth-order valence-corrected chi connectivity index (χ4v) is 1.42. The van der Waals surface area contributed by atoms with Crippen molar-refractivity contribution in [3.8, 4) is 5.75 Å². The van der Waals surface area contributed by atoms with E-state index in [0.29, 0.717) is 12.3 Å². The molecule has 82 valence electrons. The van der Waals surface area contributed by atoms with E-state index in [1.807, 2.05) is 14.1 Å². The van der Waals surface area contributed by atoms with Gasteiger partial charge in [-0.15, -0.1) is 0 Å². The first-order chi connectivity index (χ1) is 7.04. The van der Waals surface area contributed by atoms with Gasteiger partial charge >= 0.3 is 0 Å². The summed E-state index contributed by atoms with van der Waals surface area (Å²) in [6.45, 7) is 0.713. The second-order valence-electron chi connectivity index (χ2n) is 3.70. The van der Waals surface area contributed by atoms with Crippen molar-refractivity contribution in [2.24, 2.45) is 0 Å². The number of hydrogen-bond acceptors (Lipinski definition) is 3. The number of hydrogen-bond donors (Lipinski definition) is 1. The van der Waals surface area contributed by atoms with Gasteiger partial charge < -0.3 is 19.5 Å². The Morgan fingerprint density at radius 3 is 2.60 bits per heavy atom. The zero-order valence-corrected chi connectivity index (χ0v) is 9.16. The molecule has 0 saturated carbocycles. The summed E-state index contributed by atoms with van der Waals surface area (Å²) < 4.78 is 5.15. The van der Waals surface area contributed by atoms with Gasteiger partial charge in [0.05, 0.1) is 27.2 Å². The Hall–Kier alpha value is -1.55. The van der Waals surface area contributed by atoms with Crippen LogP contribution in [0.1, 0.15) is 15.9 Å². The second-order valence-corrected chi connectivity index (χ2v) is 3.70. The zero-order chi connectivity index (χ0) is 11.4. The summed E-state index contributed by atoms with van der Waals surface area (Å²) in [5.41, 5.74) is 1.06. The van der Waals surface area contributed by atoms with Crippen LogP contribution in [0.3, 0.4) is 0 Å². The Labute approximate surface area is 89.1 Å². The lowest BCUT2D eigenvalue weighted by atomic mass is 10.1. The average molecular weight is 209 g/mol. The highest BCUT2D eigenvalue weighted by molar-refractivity contribution is 5.86. The normalized spacial score (nSPS) is 10.4. The Morgan fingerprint density at radius 2 is 2.13 bits per heavy atom. The number of methoxy groups -OCH3 is 1. The minimum Gasteiger partial charge on any atom is -0.545 e. The van der Waals surface area contributed by atoms with E-state index in [1.165, 1.54) is 11.0 Å². The number of rotatable bonds is 4. The molecule has 0 bridgehead atoms. The number of nitrogens with one attached hydrogen (secondary N) is 1. The average Bonchev–Trinajstić information content (AvgIpc) is 2.16. The predicted octanol–water partition coefficient (Wildman–Crippen LogP) is -1.30. The van der Waals surface area contributed by atoms with Crippen LogP contribution in [-0.2, 0) is 6.54 Å². The number of quaternary nitrogens is 1. The van der Waals surface area contributed by atoms with Crippen LogP contribution in [0, 0.1) is 0 Å². The van der Waals surface area contributed by atoms with Crippen molar-refractivity contribution in [2.75, 3.05) is 21.2 Å². The fourth-order valence-electron chi connectivity index (χ4n) is 1.42. The lowest BCUT2D eigenvalue weighted by Crippen LogP contribution is -3.04. The first-order valence-electron chi connectivity index (χ1n) is 4.72. The minimum absolute atomic E-state index is 0.187. The van der Waals surface area contributed by atoms with Gasteiger partial charge in [-0.05, 0) is 23.8 Å². The van der Waals surface area contributed by atoms with E-state index < -0.39 is 5.97 Å². The Morgan fingerprint density at radius 1 is 1.47 bits per heavy atom. The fraction of sp³-hybridized carbons (Fsp3) is 0.364. The number of benzene rings is 1. The predicted molar refractivity (Wildman–Crippen MR) is 53.8 cm³/mol. The van der Waals surface area contributed by atoms with Gasteiger partial charge in [0.2, 0.25) is 0 Å². The maximum atomic E-state index is 10.7. The molecule has 0 saturated heterocycles. The molecule has 0 unspecified atom stereocenters. The molecule has 0 heterocycles. The van der Waals surface area contributed by atoms with Crippen molar-refractivity contribution < 1.29 is 19.5 Å². The molecule has 1 N–H and O–H groups in total. The third kappa shape index (κ3) is 2.95. The van der Waals surface area contributed by atoms with Crippen LogP contribution in [0.4, 0.5) is 0 Å². The van der Waals surface area contributed by atoms with Crippen molar-refractivity contribution in [1.82, 2.24) is 0 Å². The third-order valence-electron chi connectivity index (χ3n) is 2.06. The molecule has 4 nitrogen and oxygen atoms in total. The SMILES string of the molecule is COc1ccc(C(=O)[O-])cc1C[NH+](C)C. The summed E-state index contributed by atoms with van der Waals surface area (Å²) in [5.74, 6) is -0.450. The maximum absolute atomic E-state index is 10.7. The quantitative estimate of drug-likeness (QED) is 0.671. The van der Waals surface area contributed by atoms with Crippen molar-refractivity contribution in [3.63, 3.8) is 0 Å². The summed E-state index contributed by atoms with van der Waals surface area (Å²) in [5, 5.41) is 10.7. The lowest BCUT2D eigenvalue weighted by molar-refractivity contribution is -0.872. The molecule has 0 aliphatic carbocycles. The monoisotopic (exact) mass is 209 g/mol. The summed E-state index contributed by atoms with van der Waals surface area (Å²) >= 11 is 0. The van der Waals surface area contributed by atoms with Gasteiger partial charge in [0.15, 0.2) is 0 Å².